The molecule has 9 heteroatoms. The third-order valence-corrected chi connectivity index (χ3v) is 4.34. The zero-order valence-electron chi connectivity index (χ0n) is 14.2. The Balaban J connectivity index is 1.56. The molecule has 140 valence electrons. The molecule has 1 amide bonds. The molecule has 26 heavy (non-hydrogen) atoms. The van der Waals surface area contributed by atoms with Gasteiger partial charge in [-0.2, -0.15) is 13.2 Å². The van der Waals surface area contributed by atoms with E-state index in [-0.39, 0.29) is 31.8 Å². The summed E-state index contributed by atoms with van der Waals surface area (Å²) >= 11 is 0. The van der Waals surface area contributed by atoms with Crippen LogP contribution >= 0.6 is 0 Å². The summed E-state index contributed by atoms with van der Waals surface area (Å²) in [5.74, 6) is -0.401. The number of ether oxygens (including phenoxy) is 1. The lowest BCUT2D eigenvalue weighted by atomic mass is 9.97. The molecule has 0 fully saturated rings. The normalized spacial score (nSPS) is 18.1. The van der Waals surface area contributed by atoms with Gasteiger partial charge in [-0.25, -0.2) is 0 Å². The molecule has 1 aromatic carbocycles. The van der Waals surface area contributed by atoms with E-state index in [9.17, 15) is 18.0 Å². The van der Waals surface area contributed by atoms with Crippen LogP contribution in [0, 0.1) is 5.92 Å². The second-order valence-electron chi connectivity index (χ2n) is 6.21. The highest BCUT2D eigenvalue weighted by atomic mass is 19.4. The van der Waals surface area contributed by atoms with Gasteiger partial charge in [0, 0.05) is 13.0 Å². The van der Waals surface area contributed by atoms with E-state index in [4.69, 9.17) is 4.74 Å². The van der Waals surface area contributed by atoms with Gasteiger partial charge in [-0.15, -0.1) is 10.2 Å². The Morgan fingerprint density at radius 2 is 2.08 bits per heavy atom. The quantitative estimate of drug-likeness (QED) is 0.880. The Bertz CT molecular complexity index is 761. The summed E-state index contributed by atoms with van der Waals surface area (Å²) in [5, 5.41) is 10.4. The molecule has 2 atom stereocenters. The highest BCUT2D eigenvalue weighted by Gasteiger charge is 2.42. The Kier molecular flexibility index (Phi) is 5.15. The number of carbonyl (C=O) groups excluding carboxylic acids is 1. The Labute approximate surface area is 148 Å². The van der Waals surface area contributed by atoms with Crippen molar-refractivity contribution < 1.29 is 22.7 Å². The molecule has 2 heterocycles. The van der Waals surface area contributed by atoms with Crippen molar-refractivity contribution in [1.82, 2.24) is 20.1 Å². The van der Waals surface area contributed by atoms with Crippen LogP contribution in [0.25, 0.3) is 0 Å². The molecule has 1 N–H and O–H groups in total. The van der Waals surface area contributed by atoms with E-state index in [2.05, 4.69) is 15.5 Å². The largest absolute Gasteiger partial charge is 0.481 e. The number of nitrogens with zero attached hydrogens (tertiary/aromatic N) is 3. The Morgan fingerprint density at radius 3 is 2.77 bits per heavy atom. The third kappa shape index (κ3) is 4.14. The second kappa shape index (κ2) is 7.35. The molecular weight excluding hydrogens is 349 g/mol. The number of alkyl halides is 3. The molecular formula is C17H19F3N4O2. The second-order valence-corrected chi connectivity index (χ2v) is 6.21. The highest BCUT2D eigenvalue weighted by molar-refractivity contribution is 5.80. The molecule has 0 spiro atoms. The molecule has 1 aliphatic rings. The van der Waals surface area contributed by atoms with E-state index in [1.165, 1.54) is 0 Å². The van der Waals surface area contributed by atoms with Crippen LogP contribution in [-0.2, 0) is 24.3 Å². The van der Waals surface area contributed by atoms with Gasteiger partial charge in [0.05, 0.1) is 12.5 Å². The van der Waals surface area contributed by atoms with E-state index >= 15 is 0 Å². The third-order valence-electron chi connectivity index (χ3n) is 4.34. The van der Waals surface area contributed by atoms with Crippen LogP contribution in [0.15, 0.2) is 30.3 Å². The number of carbonyl (C=O) groups is 1. The SMILES string of the molecule is CC(Oc1ccccc1)C(=O)NCc1nnc2n1CCC(C(F)(F)F)C2. The molecule has 6 nitrogen and oxygen atoms in total. The number of halogens is 3. The molecule has 3 rings (SSSR count). The zero-order valence-corrected chi connectivity index (χ0v) is 14.2. The van der Waals surface area contributed by atoms with Crippen LogP contribution in [-0.4, -0.2) is 33.0 Å². The minimum absolute atomic E-state index is 0.0109. The average molecular weight is 368 g/mol. The van der Waals surface area contributed by atoms with Crippen LogP contribution in [0.3, 0.4) is 0 Å². The number of amides is 1. The van der Waals surface area contributed by atoms with Crippen molar-refractivity contribution in [3.63, 3.8) is 0 Å². The first-order valence-corrected chi connectivity index (χ1v) is 8.31. The van der Waals surface area contributed by atoms with E-state index in [1.54, 1.807) is 35.8 Å². The predicted octanol–water partition coefficient (Wildman–Crippen LogP) is 2.49. The van der Waals surface area contributed by atoms with E-state index in [0.29, 0.717) is 17.4 Å². The topological polar surface area (TPSA) is 69.0 Å². The van der Waals surface area contributed by atoms with Crippen LogP contribution < -0.4 is 10.1 Å². The molecule has 0 aliphatic carbocycles. The van der Waals surface area contributed by atoms with Gasteiger partial charge in [-0.1, -0.05) is 18.2 Å². The van der Waals surface area contributed by atoms with Gasteiger partial charge < -0.3 is 14.6 Å². The smallest absolute Gasteiger partial charge is 0.392 e. The lowest BCUT2D eigenvalue weighted by molar-refractivity contribution is -0.179. The number of benzene rings is 1. The van der Waals surface area contributed by atoms with Gasteiger partial charge in [-0.3, -0.25) is 4.79 Å². The van der Waals surface area contributed by atoms with Gasteiger partial charge in [0.25, 0.3) is 5.91 Å². The summed E-state index contributed by atoms with van der Waals surface area (Å²) in [4.78, 5) is 12.2. The number of hydrogen-bond donors (Lipinski definition) is 1. The Morgan fingerprint density at radius 1 is 1.35 bits per heavy atom. The zero-order chi connectivity index (χ0) is 18.7. The molecule has 2 unspecified atom stereocenters. The molecule has 1 aliphatic heterocycles. The van der Waals surface area contributed by atoms with Crippen molar-refractivity contribution in [2.45, 2.75) is 45.1 Å². The van der Waals surface area contributed by atoms with Gasteiger partial charge in [0.1, 0.15) is 11.6 Å². The molecule has 0 saturated carbocycles. The van der Waals surface area contributed by atoms with Gasteiger partial charge in [-0.05, 0) is 25.5 Å². The maximum absolute atomic E-state index is 12.8. The summed E-state index contributed by atoms with van der Waals surface area (Å²) in [5.41, 5.74) is 0. The van der Waals surface area contributed by atoms with Crippen LogP contribution in [0.5, 0.6) is 5.75 Å². The van der Waals surface area contributed by atoms with Crippen molar-refractivity contribution in [1.29, 1.82) is 0 Å². The van der Waals surface area contributed by atoms with Crippen molar-refractivity contribution in [3.05, 3.63) is 42.0 Å². The fraction of sp³-hybridized carbons (Fsp3) is 0.471. The molecule has 0 bridgehead atoms. The highest BCUT2D eigenvalue weighted by Crippen LogP contribution is 2.34. The fourth-order valence-electron chi connectivity index (χ4n) is 2.87. The van der Waals surface area contributed by atoms with E-state index in [1.807, 2.05) is 6.07 Å². The van der Waals surface area contributed by atoms with E-state index in [0.717, 1.165) is 0 Å². The van der Waals surface area contributed by atoms with Crippen LogP contribution in [0.4, 0.5) is 13.2 Å². The lowest BCUT2D eigenvalue weighted by Crippen LogP contribution is -2.37. The summed E-state index contributed by atoms with van der Waals surface area (Å²) < 4.78 is 45.7. The lowest BCUT2D eigenvalue weighted by Gasteiger charge is -2.25. The Hall–Kier alpha value is -2.58. The van der Waals surface area contributed by atoms with Crippen molar-refractivity contribution in [3.8, 4) is 5.75 Å². The molecule has 1 aromatic heterocycles. The first-order valence-electron chi connectivity index (χ1n) is 8.31. The summed E-state index contributed by atoms with van der Waals surface area (Å²) in [6.45, 7) is 1.90. The minimum atomic E-state index is -4.23. The summed E-state index contributed by atoms with van der Waals surface area (Å²) in [6.07, 6.45) is -5.13. The average Bonchev–Trinajstić information content (AvgIpc) is 3.02. The predicted molar refractivity (Wildman–Crippen MR) is 86.3 cm³/mol. The number of para-hydroxylation sites is 1. The standard InChI is InChI=1S/C17H19F3N4O2/c1-11(26-13-5-3-2-4-6-13)16(25)21-10-15-23-22-14-9-12(17(18,19)20)7-8-24(14)15/h2-6,11-12H,7-10H2,1H3,(H,21,25). The van der Waals surface area contributed by atoms with Gasteiger partial charge in [0.2, 0.25) is 0 Å². The number of nitrogens with one attached hydrogen (secondary N) is 1. The maximum atomic E-state index is 12.8. The summed E-state index contributed by atoms with van der Waals surface area (Å²) in [7, 11) is 0. The maximum Gasteiger partial charge on any atom is 0.392 e. The van der Waals surface area contributed by atoms with Gasteiger partial charge in [0.15, 0.2) is 11.9 Å². The van der Waals surface area contributed by atoms with Crippen LogP contribution in [0.1, 0.15) is 25.0 Å². The van der Waals surface area contributed by atoms with Crippen molar-refractivity contribution in [2.75, 3.05) is 0 Å². The first kappa shape index (κ1) is 18.2. The van der Waals surface area contributed by atoms with Crippen LogP contribution in [0.2, 0.25) is 0 Å². The summed E-state index contributed by atoms with van der Waals surface area (Å²) in [6, 6.07) is 8.94. The number of aromatic nitrogens is 3. The monoisotopic (exact) mass is 368 g/mol. The van der Waals surface area contributed by atoms with Gasteiger partial charge >= 0.3 is 6.18 Å². The number of hydrogen-bond acceptors (Lipinski definition) is 4. The van der Waals surface area contributed by atoms with E-state index < -0.39 is 18.2 Å². The number of rotatable bonds is 5. The molecule has 0 saturated heterocycles. The molecule has 2 aromatic rings. The van der Waals surface area contributed by atoms with Crippen molar-refractivity contribution >= 4 is 5.91 Å². The fourth-order valence-corrected chi connectivity index (χ4v) is 2.87. The van der Waals surface area contributed by atoms with Crippen molar-refractivity contribution in [2.24, 2.45) is 5.92 Å². The number of fused-ring (bicyclic) bond motifs is 1. The first-order chi connectivity index (χ1) is 12.3. The minimum Gasteiger partial charge on any atom is -0.481 e. The molecule has 0 radical (unpaired) electrons.